The molecule has 6 amide bonds. The SMILES string of the molecule is CC1CCC(C(C)(C)c2ccccc2)C(NC(=O)NC23CCCC(CCC2)C32Oc3cc4c5cc6c(cc5c5cc7c(cc5c4cc3O2)OC2(O7)C3CCCC2(NC(=O)NC2CC(C)CCC2C(C)(C)c2ccccc2)CCC3)OC2(O6)C3CCCC2(NC(=O)NC2CC(C)CCC2C(C)(C)c2ccccc2)CCC3)C1. The van der Waals surface area contributed by atoms with Crippen molar-refractivity contribution in [3.8, 4) is 34.5 Å². The van der Waals surface area contributed by atoms with Gasteiger partial charge in [0.15, 0.2) is 34.5 Å². The fourth-order valence-corrected chi connectivity index (χ4v) is 26.1. The first-order valence-electron chi connectivity index (χ1n) is 43.6. The van der Waals surface area contributed by atoms with Gasteiger partial charge in [-0.05, 0) is 253 Å². The Morgan fingerprint density at radius 1 is 0.315 bits per heavy atom. The number of hydrogen-bond donors (Lipinski definition) is 6. The molecule has 0 radical (unpaired) electrons. The number of urea groups is 3. The lowest BCUT2D eigenvalue weighted by molar-refractivity contribution is -0.222. The molecule has 9 atom stereocenters. The van der Waals surface area contributed by atoms with Gasteiger partial charge in [-0.1, -0.05) is 211 Å². The number of amides is 6. The van der Waals surface area contributed by atoms with Crippen molar-refractivity contribution in [1.82, 2.24) is 31.9 Å². The minimum absolute atomic E-state index is 0.0219. The lowest BCUT2D eigenvalue weighted by Gasteiger charge is -2.56. The van der Waals surface area contributed by atoms with Gasteiger partial charge < -0.3 is 60.3 Å². The van der Waals surface area contributed by atoms with Crippen LogP contribution in [0, 0.1) is 53.3 Å². The Bertz CT molecular complexity index is 4120. The summed E-state index contributed by atoms with van der Waals surface area (Å²) in [6.07, 6.45) is 24.8. The summed E-state index contributed by atoms with van der Waals surface area (Å²) in [5.41, 5.74) is 0.953. The van der Waals surface area contributed by atoms with Crippen molar-refractivity contribution in [2.45, 2.75) is 304 Å². The summed E-state index contributed by atoms with van der Waals surface area (Å²) in [5, 5.41) is 27.9. The van der Waals surface area contributed by atoms with E-state index in [1.165, 1.54) is 16.7 Å². The fraction of sp³-hybridized carbons (Fsp3) is 0.594. The molecule has 9 aliphatic carbocycles. The number of benzene rings is 7. The van der Waals surface area contributed by atoms with Crippen LogP contribution in [0.15, 0.2) is 127 Å². The number of rotatable bonds is 12. The van der Waals surface area contributed by atoms with E-state index in [0.29, 0.717) is 52.3 Å². The van der Waals surface area contributed by atoms with Crippen LogP contribution in [-0.4, -0.2) is 70.2 Å². The van der Waals surface area contributed by atoms with E-state index in [2.05, 4.69) is 222 Å². The predicted molar refractivity (Wildman–Crippen MR) is 437 cm³/mol. The molecular formula is C96H120N6O9. The van der Waals surface area contributed by atoms with Crippen molar-refractivity contribution >= 4 is 50.4 Å². The van der Waals surface area contributed by atoms with Gasteiger partial charge in [0.2, 0.25) is 0 Å². The van der Waals surface area contributed by atoms with Gasteiger partial charge >= 0.3 is 18.1 Å². The van der Waals surface area contributed by atoms with E-state index in [-0.39, 0.29) is 88.0 Å². The Kier molecular flexibility index (Phi) is 17.8. The van der Waals surface area contributed by atoms with Gasteiger partial charge in [0, 0.05) is 35.9 Å². The molecule has 6 bridgehead atoms. The third-order valence-corrected chi connectivity index (χ3v) is 31.9. The molecule has 15 heteroatoms. The summed E-state index contributed by atoms with van der Waals surface area (Å²) >= 11 is 0. The second-order valence-corrected chi connectivity index (χ2v) is 39.3. The molecule has 3 aliphatic heterocycles. The minimum atomic E-state index is -1.16. The highest BCUT2D eigenvalue weighted by molar-refractivity contribution is 6.27. The normalized spacial score (nSPS) is 35.2. The molecule has 9 unspecified atom stereocenters. The van der Waals surface area contributed by atoms with Crippen molar-refractivity contribution in [2.24, 2.45) is 53.3 Å². The molecule has 15 nitrogen and oxygen atoms in total. The van der Waals surface area contributed by atoms with E-state index in [4.69, 9.17) is 28.4 Å². The maximum Gasteiger partial charge on any atom is 0.315 e. The lowest BCUT2D eigenvalue weighted by Crippen LogP contribution is -2.75. The number of ether oxygens (including phenoxy) is 6. The van der Waals surface area contributed by atoms with Crippen molar-refractivity contribution in [3.05, 3.63) is 144 Å². The van der Waals surface area contributed by atoms with Crippen LogP contribution in [0.4, 0.5) is 14.4 Å². The number of hydrogen-bond acceptors (Lipinski definition) is 9. The Hall–Kier alpha value is -8.07. The van der Waals surface area contributed by atoms with Crippen LogP contribution in [0.25, 0.3) is 32.3 Å². The standard InChI is InChI=1S/C96H120N6O9/c1-58-37-40-73(88(4,5)61-25-13-10-14-26-61)76(49-58)97-85(103)100-91-43-19-31-64(32-20-44-91)94(91)106-79-52-67-68(53-80(79)107-94)70-55-82-84(111-96(109-82)66-35-23-47-93(96,48-24-36-66)102-87(105)99-78-51-60(3)39-42-75(78)90(8,9)63-29-17-12-18-30-63)57-72(70)71-56-83-81(54-69(67)71)108-95(110-83)65-33-21-45-92(95,46-22-34-65)101-86(104)98-77-50-59(2)38-41-74(77)89(6,7)62-27-15-11-16-28-62/h10-18,25-30,52-60,64-66,73-78H,19-24,31-51H2,1-9H3,(H2,97,100,103)(H2,98,101,104)(H2,99,102,105). The molecule has 3 heterocycles. The molecule has 111 heavy (non-hydrogen) atoms. The minimum Gasteiger partial charge on any atom is -0.446 e. The molecule has 7 aromatic carbocycles. The van der Waals surface area contributed by atoms with Gasteiger partial charge in [-0.25, -0.2) is 14.4 Å². The molecule has 3 spiro atoms. The molecule has 0 saturated heterocycles. The van der Waals surface area contributed by atoms with Crippen LogP contribution >= 0.6 is 0 Å². The Morgan fingerprint density at radius 2 is 0.532 bits per heavy atom. The van der Waals surface area contributed by atoms with Crippen LogP contribution in [0.1, 0.15) is 252 Å². The summed E-state index contributed by atoms with van der Waals surface area (Å²) in [5.74, 6) is 2.69. The van der Waals surface area contributed by atoms with Gasteiger partial charge in [0.25, 0.3) is 17.4 Å². The van der Waals surface area contributed by atoms with Crippen LogP contribution in [0.3, 0.4) is 0 Å². The highest BCUT2D eigenvalue weighted by Gasteiger charge is 2.71. The van der Waals surface area contributed by atoms with Crippen LogP contribution < -0.4 is 60.3 Å². The smallest absolute Gasteiger partial charge is 0.315 e. The molecule has 588 valence electrons. The summed E-state index contributed by atoms with van der Waals surface area (Å²) in [6.45, 7) is 21.1. The van der Waals surface area contributed by atoms with E-state index in [1.54, 1.807) is 0 Å². The molecule has 19 rings (SSSR count). The van der Waals surface area contributed by atoms with E-state index < -0.39 is 34.0 Å². The van der Waals surface area contributed by atoms with E-state index >= 15 is 14.4 Å². The molecule has 0 aromatic heterocycles. The predicted octanol–water partition coefficient (Wildman–Crippen LogP) is 21.0. The second kappa shape index (κ2) is 27.0. The zero-order valence-electron chi connectivity index (χ0n) is 67.3. The largest absolute Gasteiger partial charge is 0.446 e. The van der Waals surface area contributed by atoms with Crippen molar-refractivity contribution in [3.63, 3.8) is 0 Å². The van der Waals surface area contributed by atoms with E-state index in [1.807, 2.05) is 0 Å². The third-order valence-electron chi connectivity index (χ3n) is 31.9. The van der Waals surface area contributed by atoms with Crippen LogP contribution in [-0.2, 0) is 16.2 Å². The quantitative estimate of drug-likeness (QED) is 0.0650. The zero-order chi connectivity index (χ0) is 76.2. The van der Waals surface area contributed by atoms with Gasteiger partial charge in [-0.2, -0.15) is 0 Å². The zero-order valence-corrected chi connectivity index (χ0v) is 67.3. The lowest BCUT2D eigenvalue weighted by atomic mass is 9.62. The molecule has 9 fully saturated rings. The molecular weight excluding hydrogens is 1380 g/mol. The highest BCUT2D eigenvalue weighted by atomic mass is 16.8. The summed E-state index contributed by atoms with van der Waals surface area (Å²) in [6, 6.07) is 45.2. The van der Waals surface area contributed by atoms with E-state index in [0.717, 1.165) is 206 Å². The molecule has 7 aromatic rings. The first kappa shape index (κ1) is 73.1. The average molecular weight is 1500 g/mol. The monoisotopic (exact) mass is 1500 g/mol. The van der Waals surface area contributed by atoms with Crippen LogP contribution in [0.2, 0.25) is 0 Å². The van der Waals surface area contributed by atoms with Gasteiger partial charge in [-0.15, -0.1) is 0 Å². The van der Waals surface area contributed by atoms with Crippen LogP contribution in [0.5, 0.6) is 34.5 Å². The second-order valence-electron chi connectivity index (χ2n) is 39.3. The fourth-order valence-electron chi connectivity index (χ4n) is 26.1. The first-order chi connectivity index (χ1) is 53.4. The van der Waals surface area contributed by atoms with Crippen molar-refractivity contribution in [1.29, 1.82) is 0 Å². The summed E-state index contributed by atoms with van der Waals surface area (Å²) in [4.78, 5) is 45.9. The number of nitrogens with one attached hydrogen (secondary N) is 6. The molecule has 9 saturated carbocycles. The van der Waals surface area contributed by atoms with E-state index in [9.17, 15) is 0 Å². The van der Waals surface area contributed by atoms with Crippen molar-refractivity contribution in [2.75, 3.05) is 0 Å². The third kappa shape index (κ3) is 11.7. The number of carbonyl (C=O) groups is 3. The summed E-state index contributed by atoms with van der Waals surface area (Å²) < 4.78 is 46.1. The van der Waals surface area contributed by atoms with Gasteiger partial charge in [0.1, 0.15) is 16.6 Å². The van der Waals surface area contributed by atoms with Gasteiger partial charge in [0.05, 0.1) is 0 Å². The van der Waals surface area contributed by atoms with Gasteiger partial charge in [-0.3, -0.25) is 0 Å². The average Bonchev–Trinajstić information content (AvgIpc) is 1.64. The summed E-state index contributed by atoms with van der Waals surface area (Å²) in [7, 11) is 0. The molecule has 6 N–H and O–H groups in total. The Balaban J connectivity index is 0.693. The number of fused-ring (bicyclic) bond motifs is 9. The highest BCUT2D eigenvalue weighted by Crippen LogP contribution is 2.64. The van der Waals surface area contributed by atoms with Crippen molar-refractivity contribution < 1.29 is 42.8 Å². The maximum absolute atomic E-state index is 15.3. The first-order valence-corrected chi connectivity index (χ1v) is 43.6. The topological polar surface area (TPSA) is 179 Å². The maximum atomic E-state index is 15.3. The molecule has 12 aliphatic rings. The Labute approximate surface area is 657 Å². The Morgan fingerprint density at radius 3 is 0.748 bits per heavy atom. The number of carbonyl (C=O) groups excluding carboxylic acids is 3.